The Labute approximate surface area is 136 Å². The third-order valence-corrected chi connectivity index (χ3v) is 2.92. The molecule has 0 aliphatic rings. The van der Waals surface area contributed by atoms with Gasteiger partial charge in [0.2, 0.25) is 0 Å². The second-order valence-corrected chi connectivity index (χ2v) is 4.26. The summed E-state index contributed by atoms with van der Waals surface area (Å²) in [4.78, 5) is 12.0. The van der Waals surface area contributed by atoms with Gasteiger partial charge in [-0.3, -0.25) is 0 Å². The van der Waals surface area contributed by atoms with Crippen LogP contribution in [0.15, 0.2) is 78.9 Å². The molecule has 0 amide bonds. The topological polar surface area (TPSA) is 29.1 Å². The van der Waals surface area contributed by atoms with E-state index in [9.17, 15) is 4.79 Å². The molecule has 110 valence electrons. The minimum Gasteiger partial charge on any atom is -0.404 e. The molecule has 3 aromatic carbocycles. The molecule has 0 aliphatic carbocycles. The molecule has 0 aromatic heterocycles. The zero-order valence-electron chi connectivity index (χ0n) is 11.8. The quantitative estimate of drug-likeness (QED) is 0.448. The fraction of sp³-hybridized carbons (Fsp3) is 0.0556. The van der Waals surface area contributed by atoms with Crippen LogP contribution in [0, 0.1) is 0 Å². The molecule has 3 rings (SSSR count). The minimum atomic E-state index is 0. The Hall–Kier alpha value is -2.09. The van der Waals surface area contributed by atoms with Crippen molar-refractivity contribution in [2.75, 3.05) is 12.4 Å². The summed E-state index contributed by atoms with van der Waals surface area (Å²) < 4.78 is 0. The fourth-order valence-corrected chi connectivity index (χ4v) is 1.90. The summed E-state index contributed by atoms with van der Waals surface area (Å²) in [6, 6.07) is 24.9. The number of benzene rings is 1. The molecule has 0 atom stereocenters. The molecule has 0 saturated heterocycles. The van der Waals surface area contributed by atoms with E-state index in [1.807, 2.05) is 85.9 Å². The zero-order chi connectivity index (χ0) is 14.2. The van der Waals surface area contributed by atoms with Crippen LogP contribution in [0.25, 0.3) is 0 Å². The molecular weight excluding hydrogens is 302 g/mol. The number of rotatable bonds is 3. The first-order valence-corrected chi connectivity index (χ1v) is 6.53. The van der Waals surface area contributed by atoms with Crippen LogP contribution < -0.4 is 5.32 Å². The molecule has 0 radical (unpaired) electrons. The van der Waals surface area contributed by atoms with Crippen LogP contribution in [-0.2, 0) is 17.1 Å². The molecule has 21 heavy (non-hydrogen) atoms. The van der Waals surface area contributed by atoms with Crippen molar-refractivity contribution in [1.29, 1.82) is 0 Å². The van der Waals surface area contributed by atoms with Gasteiger partial charge in [-0.2, -0.15) is 30.3 Å². The predicted molar refractivity (Wildman–Crippen MR) is 83.5 cm³/mol. The third kappa shape index (κ3) is 4.74. The van der Waals surface area contributed by atoms with Gasteiger partial charge in [0.1, 0.15) is 5.78 Å². The number of carbonyl (C=O) groups excluding carboxylic acids is 1. The summed E-state index contributed by atoms with van der Waals surface area (Å²) in [6.45, 7) is 0. The van der Waals surface area contributed by atoms with Crippen molar-refractivity contribution in [1.82, 2.24) is 0 Å². The van der Waals surface area contributed by atoms with E-state index < -0.39 is 0 Å². The Balaban J connectivity index is 0.000000313. The Morgan fingerprint density at radius 1 is 1.00 bits per heavy atom. The third-order valence-electron chi connectivity index (χ3n) is 2.92. The smallest absolute Gasteiger partial charge is 0.114 e. The van der Waals surface area contributed by atoms with Crippen molar-refractivity contribution in [3.8, 4) is 0 Å². The Morgan fingerprint density at radius 3 is 2.19 bits per heavy atom. The molecule has 0 fully saturated rings. The van der Waals surface area contributed by atoms with Gasteiger partial charge in [-0.25, -0.2) is 12.1 Å². The Kier molecular flexibility index (Phi) is 7.24. The number of hydrogen-bond acceptors (Lipinski definition) is 2. The van der Waals surface area contributed by atoms with Gasteiger partial charge in [-0.15, -0.1) is 6.07 Å². The number of hydrogen-bond donors (Lipinski definition) is 1. The molecule has 0 unspecified atom stereocenters. The van der Waals surface area contributed by atoms with Gasteiger partial charge in [-0.05, 0) is 11.3 Å². The monoisotopic (exact) mass is 319 g/mol. The van der Waals surface area contributed by atoms with Crippen LogP contribution in [0.4, 0.5) is 5.69 Å². The summed E-state index contributed by atoms with van der Waals surface area (Å²) in [5.41, 5.74) is 2.33. The van der Waals surface area contributed by atoms with Crippen LogP contribution >= 0.6 is 0 Å². The molecule has 3 heteroatoms. The fourth-order valence-electron chi connectivity index (χ4n) is 1.90. The maximum atomic E-state index is 12.0. The van der Waals surface area contributed by atoms with E-state index in [2.05, 4.69) is 5.32 Å². The van der Waals surface area contributed by atoms with E-state index in [0.29, 0.717) is 0 Å². The first kappa shape index (κ1) is 17.0. The Morgan fingerprint density at radius 2 is 1.67 bits per heavy atom. The van der Waals surface area contributed by atoms with Gasteiger partial charge in [0.25, 0.3) is 0 Å². The SMILES string of the molecule is CNc1ccc[c-]1C(=O)c1ccccc1.[Fe].c1cc[cH-]c1. The largest absolute Gasteiger partial charge is 0.404 e. The molecule has 0 aliphatic heterocycles. The summed E-state index contributed by atoms with van der Waals surface area (Å²) in [7, 11) is 1.82. The first-order valence-electron chi connectivity index (χ1n) is 6.53. The molecular formula is C18H17FeNO-2. The average Bonchev–Trinajstić information content (AvgIpc) is 3.21. The van der Waals surface area contributed by atoms with Crippen LogP contribution in [-0.4, -0.2) is 12.8 Å². The summed E-state index contributed by atoms with van der Waals surface area (Å²) in [6.07, 6.45) is 0. The van der Waals surface area contributed by atoms with Crippen molar-refractivity contribution in [2.24, 2.45) is 0 Å². The second-order valence-electron chi connectivity index (χ2n) is 4.26. The van der Waals surface area contributed by atoms with Crippen molar-refractivity contribution in [3.63, 3.8) is 0 Å². The first-order chi connectivity index (χ1) is 9.83. The van der Waals surface area contributed by atoms with E-state index in [-0.39, 0.29) is 22.9 Å². The van der Waals surface area contributed by atoms with E-state index in [1.54, 1.807) is 0 Å². The van der Waals surface area contributed by atoms with Crippen LogP contribution in [0.1, 0.15) is 15.9 Å². The van der Waals surface area contributed by atoms with Gasteiger partial charge in [0.05, 0.1) is 0 Å². The van der Waals surface area contributed by atoms with Gasteiger partial charge >= 0.3 is 0 Å². The van der Waals surface area contributed by atoms with Gasteiger partial charge < -0.3 is 10.1 Å². The van der Waals surface area contributed by atoms with E-state index in [1.165, 1.54) is 0 Å². The number of carbonyl (C=O) groups is 1. The Bertz CT molecular complexity index is 609. The van der Waals surface area contributed by atoms with Crippen molar-refractivity contribution in [3.05, 3.63) is 90.0 Å². The number of ketones is 1. The van der Waals surface area contributed by atoms with Crippen molar-refractivity contribution < 1.29 is 21.9 Å². The number of nitrogens with one attached hydrogen (secondary N) is 1. The minimum absolute atomic E-state index is 0. The molecule has 0 bridgehead atoms. The maximum absolute atomic E-state index is 12.0. The van der Waals surface area contributed by atoms with Gasteiger partial charge in [0, 0.05) is 24.1 Å². The summed E-state index contributed by atoms with van der Waals surface area (Å²) in [5, 5.41) is 3.01. The van der Waals surface area contributed by atoms with Crippen molar-refractivity contribution >= 4 is 11.5 Å². The standard InChI is InChI=1S/C13H12NO.C5H5.Fe/c1-14-12-9-5-8-11(12)13(15)10-6-3-2-4-7-10;1-2-4-5-3-1;/h2-9,14H,1H3;1-5H;/q2*-1;. The molecule has 0 saturated carbocycles. The van der Waals surface area contributed by atoms with E-state index in [4.69, 9.17) is 0 Å². The second kappa shape index (κ2) is 8.96. The summed E-state index contributed by atoms with van der Waals surface area (Å²) >= 11 is 0. The van der Waals surface area contributed by atoms with Crippen LogP contribution in [0.3, 0.4) is 0 Å². The van der Waals surface area contributed by atoms with Crippen molar-refractivity contribution in [2.45, 2.75) is 0 Å². The van der Waals surface area contributed by atoms with Crippen LogP contribution in [0.5, 0.6) is 0 Å². The maximum Gasteiger partial charge on any atom is 0.114 e. The molecule has 0 spiro atoms. The average molecular weight is 319 g/mol. The van der Waals surface area contributed by atoms with E-state index >= 15 is 0 Å². The van der Waals surface area contributed by atoms with E-state index in [0.717, 1.165) is 16.8 Å². The zero-order valence-corrected chi connectivity index (χ0v) is 12.9. The molecule has 3 aromatic rings. The van der Waals surface area contributed by atoms with Crippen LogP contribution in [0.2, 0.25) is 0 Å². The van der Waals surface area contributed by atoms with Gasteiger partial charge in [0.15, 0.2) is 0 Å². The molecule has 2 nitrogen and oxygen atoms in total. The van der Waals surface area contributed by atoms with Gasteiger partial charge in [-0.1, -0.05) is 35.9 Å². The molecule has 0 heterocycles. The normalized spacial score (nSPS) is 9.00. The summed E-state index contributed by atoms with van der Waals surface area (Å²) in [5.74, 6) is 0.0601. The molecule has 1 N–H and O–H groups in total. The number of anilines is 1. The predicted octanol–water partition coefficient (Wildman–Crippen LogP) is 4.08.